The topological polar surface area (TPSA) is 50.2 Å². The average Bonchev–Trinajstić information content (AvgIpc) is 3.02. The maximum atomic E-state index is 13.5. The zero-order chi connectivity index (χ0) is 18.6. The molecule has 2 aliphatic heterocycles. The van der Waals surface area contributed by atoms with Crippen LogP contribution in [0.1, 0.15) is 57.2 Å². The molecule has 1 amide bonds. The summed E-state index contributed by atoms with van der Waals surface area (Å²) in [5.74, 6) is 1.26. The molecule has 1 N–H and O–H groups in total. The van der Waals surface area contributed by atoms with Crippen molar-refractivity contribution in [1.82, 2.24) is 14.7 Å². The molecule has 5 nitrogen and oxygen atoms in total. The second kappa shape index (κ2) is 6.16. The minimum atomic E-state index is -4.31. The molecular weight excluding hydrogens is 345 g/mol. The number of hydrogen-bond donors (Lipinski definition) is 1. The van der Waals surface area contributed by atoms with Crippen LogP contribution in [0.2, 0.25) is 0 Å². The Bertz CT molecular complexity index is 701. The van der Waals surface area contributed by atoms with Gasteiger partial charge in [-0.25, -0.2) is 4.68 Å². The molecule has 1 saturated heterocycles. The van der Waals surface area contributed by atoms with Gasteiger partial charge in [0.2, 0.25) is 5.91 Å². The van der Waals surface area contributed by atoms with Gasteiger partial charge in [-0.05, 0) is 31.6 Å². The molecule has 1 saturated carbocycles. The molecule has 2 fully saturated rings. The van der Waals surface area contributed by atoms with E-state index >= 15 is 0 Å². The highest BCUT2D eigenvalue weighted by atomic mass is 19.4. The van der Waals surface area contributed by atoms with Crippen LogP contribution in [0, 0.1) is 11.8 Å². The van der Waals surface area contributed by atoms with Crippen molar-refractivity contribution in [1.29, 1.82) is 0 Å². The van der Waals surface area contributed by atoms with E-state index in [0.29, 0.717) is 36.9 Å². The van der Waals surface area contributed by atoms with E-state index in [1.165, 1.54) is 0 Å². The summed E-state index contributed by atoms with van der Waals surface area (Å²) in [5.41, 5.74) is 0.664. The van der Waals surface area contributed by atoms with Gasteiger partial charge in [0.25, 0.3) is 0 Å². The normalized spacial score (nSPS) is 33.7. The lowest BCUT2D eigenvalue weighted by molar-refractivity contribution is -0.173. The number of amides is 1. The molecule has 1 aromatic rings. The Morgan fingerprint density at radius 2 is 2.12 bits per heavy atom. The van der Waals surface area contributed by atoms with Crippen LogP contribution in [0.15, 0.2) is 6.07 Å². The number of hydrogen-bond acceptors (Lipinski definition) is 3. The molecule has 1 aliphatic carbocycles. The van der Waals surface area contributed by atoms with Gasteiger partial charge in [-0.1, -0.05) is 13.8 Å². The highest BCUT2D eigenvalue weighted by Gasteiger charge is 2.47. The third-order valence-electron chi connectivity index (χ3n) is 6.13. The van der Waals surface area contributed by atoms with Gasteiger partial charge in [0, 0.05) is 37.0 Å². The average molecular weight is 370 g/mol. The van der Waals surface area contributed by atoms with Gasteiger partial charge in [0.1, 0.15) is 5.82 Å². The van der Waals surface area contributed by atoms with Crippen LogP contribution in [0.3, 0.4) is 0 Å². The highest BCUT2D eigenvalue weighted by Crippen LogP contribution is 2.43. The summed E-state index contributed by atoms with van der Waals surface area (Å²) in [7, 11) is 0. The minimum Gasteiger partial charge on any atom is -0.367 e. The number of halogens is 3. The van der Waals surface area contributed by atoms with E-state index in [4.69, 9.17) is 0 Å². The van der Waals surface area contributed by atoms with Crippen molar-refractivity contribution in [2.45, 2.75) is 63.7 Å². The van der Waals surface area contributed by atoms with Crippen LogP contribution in [-0.4, -0.2) is 45.9 Å². The van der Waals surface area contributed by atoms with Gasteiger partial charge in [0.15, 0.2) is 6.04 Å². The van der Waals surface area contributed by atoms with Crippen LogP contribution in [0.5, 0.6) is 0 Å². The quantitative estimate of drug-likeness (QED) is 0.885. The second-order valence-electron chi connectivity index (χ2n) is 8.03. The van der Waals surface area contributed by atoms with E-state index in [9.17, 15) is 18.0 Å². The second-order valence-corrected chi connectivity index (χ2v) is 8.03. The SMILES string of the molecule is CC[C@@H]1C[C@H](C(F)(F)F)n2nc(C3CCN(C(=O)C4CC4C)C3)cc2N1. The van der Waals surface area contributed by atoms with Crippen LogP contribution in [0.25, 0.3) is 0 Å². The maximum absolute atomic E-state index is 13.5. The molecule has 0 bridgehead atoms. The standard InChI is InChI=1S/C18H25F3N4O/c1-3-12-7-15(18(19,20)21)25-16(22-12)8-14(23-25)11-4-5-24(9-11)17(26)13-6-10(13)2/h8,10-13,15,22H,3-7,9H2,1-2H3/t10?,11?,12-,13?,15-/m1/s1. The van der Waals surface area contributed by atoms with Crippen molar-refractivity contribution in [2.24, 2.45) is 11.8 Å². The van der Waals surface area contributed by atoms with E-state index in [0.717, 1.165) is 17.5 Å². The fourth-order valence-corrected chi connectivity index (χ4v) is 4.24. The number of nitrogens with zero attached hydrogens (tertiary/aromatic N) is 3. The van der Waals surface area contributed by atoms with Crippen molar-refractivity contribution in [2.75, 3.05) is 18.4 Å². The molecule has 0 spiro atoms. The molecular formula is C18H25F3N4O. The molecule has 1 aromatic heterocycles. The number of alkyl halides is 3. The van der Waals surface area contributed by atoms with Crippen molar-refractivity contribution in [3.8, 4) is 0 Å². The zero-order valence-electron chi connectivity index (χ0n) is 15.1. The Balaban J connectivity index is 1.52. The number of likely N-dealkylation sites (tertiary alicyclic amines) is 1. The molecule has 4 rings (SSSR count). The van der Waals surface area contributed by atoms with Gasteiger partial charge < -0.3 is 10.2 Å². The van der Waals surface area contributed by atoms with Crippen LogP contribution < -0.4 is 5.32 Å². The molecule has 8 heteroatoms. The predicted octanol–water partition coefficient (Wildman–Crippen LogP) is 3.55. The number of fused-ring (bicyclic) bond motifs is 1. The van der Waals surface area contributed by atoms with Gasteiger partial charge in [-0.15, -0.1) is 0 Å². The number of carbonyl (C=O) groups is 1. The summed E-state index contributed by atoms with van der Waals surface area (Å²) in [5, 5.41) is 7.50. The van der Waals surface area contributed by atoms with E-state index < -0.39 is 12.2 Å². The lowest BCUT2D eigenvalue weighted by Gasteiger charge is -2.32. The van der Waals surface area contributed by atoms with E-state index in [2.05, 4.69) is 17.3 Å². The lowest BCUT2D eigenvalue weighted by atomic mass is 10.0. The van der Waals surface area contributed by atoms with Crippen LogP contribution in [-0.2, 0) is 4.79 Å². The number of aromatic nitrogens is 2. The Morgan fingerprint density at radius 1 is 1.38 bits per heavy atom. The Labute approximate surface area is 150 Å². The van der Waals surface area contributed by atoms with E-state index in [-0.39, 0.29) is 30.2 Å². The number of rotatable bonds is 3. The van der Waals surface area contributed by atoms with Crippen molar-refractivity contribution >= 4 is 11.7 Å². The first-order valence-electron chi connectivity index (χ1n) is 9.49. The summed E-state index contributed by atoms with van der Waals surface area (Å²) in [6, 6.07) is -0.0283. The molecule has 0 radical (unpaired) electrons. The highest BCUT2D eigenvalue weighted by molar-refractivity contribution is 5.82. The van der Waals surface area contributed by atoms with Gasteiger partial charge >= 0.3 is 6.18 Å². The summed E-state index contributed by atoms with van der Waals surface area (Å²) >= 11 is 0. The van der Waals surface area contributed by atoms with Gasteiger partial charge in [-0.3, -0.25) is 4.79 Å². The van der Waals surface area contributed by atoms with Gasteiger partial charge in [-0.2, -0.15) is 18.3 Å². The molecule has 3 aliphatic rings. The number of carbonyl (C=O) groups excluding carboxylic acids is 1. The Morgan fingerprint density at radius 3 is 2.73 bits per heavy atom. The van der Waals surface area contributed by atoms with Gasteiger partial charge in [0.05, 0.1) is 5.69 Å². The lowest BCUT2D eigenvalue weighted by Crippen LogP contribution is -2.38. The van der Waals surface area contributed by atoms with E-state index in [1.54, 1.807) is 6.07 Å². The summed E-state index contributed by atoms with van der Waals surface area (Å²) in [4.78, 5) is 14.3. The van der Waals surface area contributed by atoms with Crippen LogP contribution >= 0.6 is 0 Å². The third-order valence-corrected chi connectivity index (χ3v) is 6.13. The number of anilines is 1. The maximum Gasteiger partial charge on any atom is 0.410 e. The van der Waals surface area contributed by atoms with Crippen LogP contribution in [0.4, 0.5) is 19.0 Å². The fraction of sp³-hybridized carbons (Fsp3) is 0.778. The third kappa shape index (κ3) is 3.07. The zero-order valence-corrected chi connectivity index (χ0v) is 15.1. The molecule has 26 heavy (non-hydrogen) atoms. The molecule has 3 heterocycles. The molecule has 0 aromatic carbocycles. The smallest absolute Gasteiger partial charge is 0.367 e. The number of nitrogens with one attached hydrogen (secondary N) is 1. The largest absolute Gasteiger partial charge is 0.410 e. The van der Waals surface area contributed by atoms with E-state index in [1.807, 2.05) is 11.8 Å². The first-order valence-corrected chi connectivity index (χ1v) is 9.49. The Hall–Kier alpha value is -1.73. The monoisotopic (exact) mass is 370 g/mol. The van der Waals surface area contributed by atoms with Crippen molar-refractivity contribution in [3.63, 3.8) is 0 Å². The first-order chi connectivity index (χ1) is 12.3. The molecule has 5 atom stereocenters. The predicted molar refractivity (Wildman–Crippen MR) is 90.8 cm³/mol. The Kier molecular flexibility index (Phi) is 4.19. The molecule has 3 unspecified atom stereocenters. The van der Waals surface area contributed by atoms with Crippen molar-refractivity contribution in [3.05, 3.63) is 11.8 Å². The molecule has 144 valence electrons. The summed E-state index contributed by atoms with van der Waals surface area (Å²) in [6.45, 7) is 5.19. The summed E-state index contributed by atoms with van der Waals surface area (Å²) in [6.07, 6.45) is -1.96. The fourth-order valence-electron chi connectivity index (χ4n) is 4.24. The summed E-state index contributed by atoms with van der Waals surface area (Å²) < 4.78 is 41.5. The minimum absolute atomic E-state index is 0.00294. The first kappa shape index (κ1) is 17.7. The van der Waals surface area contributed by atoms with Crippen molar-refractivity contribution < 1.29 is 18.0 Å².